The van der Waals surface area contributed by atoms with E-state index in [0.29, 0.717) is 25.0 Å². The molecule has 0 radical (unpaired) electrons. The fourth-order valence-electron chi connectivity index (χ4n) is 1.69. The third kappa shape index (κ3) is 13.8. The summed E-state index contributed by atoms with van der Waals surface area (Å²) in [6.07, 6.45) is 2.89. The highest BCUT2D eigenvalue weighted by Gasteiger charge is 1.98. The third-order valence-electron chi connectivity index (χ3n) is 3.45. The molecule has 0 spiro atoms. The van der Waals surface area contributed by atoms with Gasteiger partial charge in [-0.25, -0.2) is 0 Å². The number of carbonyl (C=O) groups excluding carboxylic acids is 2. The van der Waals surface area contributed by atoms with E-state index < -0.39 is 0 Å². The molecule has 0 bridgehead atoms. The Bertz CT molecular complexity index is 577. The number of aliphatic hydroxyl groups is 1. The molecule has 0 aliphatic heterocycles. The van der Waals surface area contributed by atoms with Crippen LogP contribution in [0.5, 0.6) is 0 Å². The van der Waals surface area contributed by atoms with Gasteiger partial charge in [0, 0.05) is 19.3 Å². The topological polar surface area (TPSA) is 54.4 Å². The summed E-state index contributed by atoms with van der Waals surface area (Å²) in [5.74, 6) is 0.601. The number of Topliss-reactive ketones (excluding diaryl/α,β-unsaturated/α-hetero) is 2. The van der Waals surface area contributed by atoms with Gasteiger partial charge in [0.15, 0.2) is 0 Å². The van der Waals surface area contributed by atoms with Crippen LogP contribution in [0.4, 0.5) is 0 Å². The Morgan fingerprint density at radius 1 is 0.800 bits per heavy atom. The van der Waals surface area contributed by atoms with Crippen molar-refractivity contribution in [2.75, 3.05) is 0 Å². The predicted molar refractivity (Wildman–Crippen MR) is 103 cm³/mol. The van der Waals surface area contributed by atoms with E-state index in [1.807, 2.05) is 62.4 Å². The van der Waals surface area contributed by atoms with E-state index in [4.69, 9.17) is 5.11 Å². The van der Waals surface area contributed by atoms with Crippen molar-refractivity contribution in [3.05, 3.63) is 71.8 Å². The van der Waals surface area contributed by atoms with Crippen LogP contribution in [0, 0.1) is 0 Å². The lowest BCUT2D eigenvalue weighted by Crippen LogP contribution is -1.97. The van der Waals surface area contributed by atoms with Gasteiger partial charge in [-0.3, -0.25) is 4.79 Å². The van der Waals surface area contributed by atoms with Crippen molar-refractivity contribution in [3.8, 4) is 0 Å². The molecular formula is C22H30O3. The molecule has 0 saturated heterocycles. The number of hydrogen-bond donors (Lipinski definition) is 1. The molecule has 1 N–H and O–H groups in total. The second-order valence-electron chi connectivity index (χ2n) is 5.58. The van der Waals surface area contributed by atoms with Gasteiger partial charge in [0.05, 0.1) is 6.61 Å². The van der Waals surface area contributed by atoms with Crippen LogP contribution >= 0.6 is 0 Å². The molecule has 2 aromatic rings. The lowest BCUT2D eigenvalue weighted by molar-refractivity contribution is -0.119. The van der Waals surface area contributed by atoms with Gasteiger partial charge in [0.25, 0.3) is 0 Å². The summed E-state index contributed by atoms with van der Waals surface area (Å²) in [6, 6.07) is 19.6. The first kappa shape index (κ1) is 22.7. The molecule has 3 nitrogen and oxygen atoms in total. The number of aryl methyl sites for hydroxylation is 1. The van der Waals surface area contributed by atoms with Gasteiger partial charge in [-0.2, -0.15) is 0 Å². The van der Waals surface area contributed by atoms with Crippen LogP contribution in [0.1, 0.15) is 51.2 Å². The Labute approximate surface area is 151 Å². The number of aliphatic hydroxyl groups excluding tert-OH is 1. The van der Waals surface area contributed by atoms with Crippen molar-refractivity contribution < 1.29 is 14.7 Å². The quantitative estimate of drug-likeness (QED) is 0.823. The Morgan fingerprint density at radius 3 is 1.56 bits per heavy atom. The van der Waals surface area contributed by atoms with Crippen molar-refractivity contribution in [3.63, 3.8) is 0 Å². The lowest BCUT2D eigenvalue weighted by Gasteiger charge is -1.98. The van der Waals surface area contributed by atoms with E-state index >= 15 is 0 Å². The molecule has 0 unspecified atom stereocenters. The van der Waals surface area contributed by atoms with Crippen LogP contribution in [0.15, 0.2) is 60.7 Å². The fraction of sp³-hybridized carbons (Fsp3) is 0.364. The SMILES string of the molecule is CCC(=O)CCc1ccccc1.CCC(C)=O.OCc1ccccc1. The summed E-state index contributed by atoms with van der Waals surface area (Å²) < 4.78 is 0. The minimum absolute atomic E-state index is 0.140. The standard InChI is InChI=1S/C11H14O.C7H8O.C4H8O/c1-2-11(12)9-8-10-6-4-3-5-7-10;8-6-7-4-2-1-3-5-7;1-3-4(2)5/h3-7H,2,8-9H2,1H3;1-5,8H,6H2;3H2,1-2H3. The normalized spacial score (nSPS) is 9.12. The summed E-state index contributed by atoms with van der Waals surface area (Å²) in [4.78, 5) is 20.8. The lowest BCUT2D eigenvalue weighted by atomic mass is 10.1. The van der Waals surface area contributed by atoms with Crippen LogP contribution in [0.25, 0.3) is 0 Å². The molecule has 25 heavy (non-hydrogen) atoms. The maximum atomic E-state index is 11.0. The molecule has 136 valence electrons. The van der Waals surface area contributed by atoms with E-state index in [2.05, 4.69) is 12.1 Å². The fourth-order valence-corrected chi connectivity index (χ4v) is 1.69. The smallest absolute Gasteiger partial charge is 0.132 e. The first-order valence-electron chi connectivity index (χ1n) is 8.73. The van der Waals surface area contributed by atoms with Crippen molar-refractivity contribution >= 4 is 11.6 Å². The van der Waals surface area contributed by atoms with E-state index in [-0.39, 0.29) is 12.4 Å². The summed E-state index contributed by atoms with van der Waals surface area (Å²) in [6.45, 7) is 5.48. The highest BCUT2D eigenvalue weighted by Crippen LogP contribution is 2.03. The zero-order chi connectivity index (χ0) is 18.9. The summed E-state index contributed by atoms with van der Waals surface area (Å²) in [7, 11) is 0. The van der Waals surface area contributed by atoms with Gasteiger partial charge >= 0.3 is 0 Å². The maximum Gasteiger partial charge on any atom is 0.132 e. The summed E-state index contributed by atoms with van der Waals surface area (Å²) in [5.41, 5.74) is 2.21. The molecule has 0 atom stereocenters. The largest absolute Gasteiger partial charge is 0.392 e. The zero-order valence-corrected chi connectivity index (χ0v) is 15.6. The van der Waals surface area contributed by atoms with Gasteiger partial charge in [0.1, 0.15) is 11.6 Å². The Kier molecular flexibility index (Phi) is 13.9. The molecule has 0 heterocycles. The van der Waals surface area contributed by atoms with E-state index in [1.165, 1.54) is 5.56 Å². The molecule has 0 amide bonds. The minimum Gasteiger partial charge on any atom is -0.392 e. The van der Waals surface area contributed by atoms with Crippen LogP contribution in [-0.2, 0) is 22.6 Å². The molecule has 0 aliphatic rings. The molecule has 0 fully saturated rings. The molecular weight excluding hydrogens is 312 g/mol. The third-order valence-corrected chi connectivity index (χ3v) is 3.45. The first-order valence-corrected chi connectivity index (χ1v) is 8.73. The number of ketones is 2. The molecule has 0 aromatic heterocycles. The van der Waals surface area contributed by atoms with Gasteiger partial charge in [-0.15, -0.1) is 0 Å². The van der Waals surface area contributed by atoms with E-state index in [9.17, 15) is 9.59 Å². The van der Waals surface area contributed by atoms with Crippen molar-refractivity contribution in [2.24, 2.45) is 0 Å². The Morgan fingerprint density at radius 2 is 1.24 bits per heavy atom. The van der Waals surface area contributed by atoms with Crippen LogP contribution in [0.2, 0.25) is 0 Å². The number of carbonyl (C=O) groups is 2. The Hall–Kier alpha value is -2.26. The van der Waals surface area contributed by atoms with Gasteiger partial charge < -0.3 is 9.90 Å². The average molecular weight is 342 g/mol. The second kappa shape index (κ2) is 15.3. The summed E-state index contributed by atoms with van der Waals surface area (Å²) in [5, 5.41) is 8.54. The van der Waals surface area contributed by atoms with Crippen molar-refractivity contribution in [2.45, 2.75) is 53.1 Å². The second-order valence-corrected chi connectivity index (χ2v) is 5.58. The average Bonchev–Trinajstić information content (AvgIpc) is 2.68. The van der Waals surface area contributed by atoms with Gasteiger partial charge in [-0.1, -0.05) is 74.5 Å². The highest BCUT2D eigenvalue weighted by molar-refractivity contribution is 5.78. The minimum atomic E-state index is 0.140. The molecule has 3 heteroatoms. The van der Waals surface area contributed by atoms with Crippen LogP contribution in [-0.4, -0.2) is 16.7 Å². The molecule has 2 aromatic carbocycles. The Balaban J connectivity index is 0.000000382. The van der Waals surface area contributed by atoms with Gasteiger partial charge in [-0.05, 0) is 24.5 Å². The van der Waals surface area contributed by atoms with Crippen LogP contribution < -0.4 is 0 Å². The van der Waals surface area contributed by atoms with E-state index in [1.54, 1.807) is 6.92 Å². The van der Waals surface area contributed by atoms with Crippen LogP contribution in [0.3, 0.4) is 0 Å². The van der Waals surface area contributed by atoms with Crippen molar-refractivity contribution in [1.82, 2.24) is 0 Å². The number of benzene rings is 2. The van der Waals surface area contributed by atoms with Gasteiger partial charge in [0.2, 0.25) is 0 Å². The summed E-state index contributed by atoms with van der Waals surface area (Å²) >= 11 is 0. The number of hydrogen-bond acceptors (Lipinski definition) is 3. The first-order chi connectivity index (χ1) is 12.0. The molecule has 0 saturated carbocycles. The highest BCUT2D eigenvalue weighted by atomic mass is 16.3. The molecule has 0 aliphatic carbocycles. The van der Waals surface area contributed by atoms with E-state index in [0.717, 1.165) is 12.0 Å². The molecule has 2 rings (SSSR count). The monoisotopic (exact) mass is 342 g/mol. The number of rotatable bonds is 6. The van der Waals surface area contributed by atoms with Crippen molar-refractivity contribution in [1.29, 1.82) is 0 Å². The predicted octanol–water partition coefficient (Wildman–Crippen LogP) is 4.76. The zero-order valence-electron chi connectivity index (χ0n) is 15.6. The maximum absolute atomic E-state index is 11.0.